The van der Waals surface area contributed by atoms with Crippen LogP contribution in [0.15, 0.2) is 42.6 Å². The second kappa shape index (κ2) is 8.05. The lowest BCUT2D eigenvalue weighted by Gasteiger charge is -2.15. The van der Waals surface area contributed by atoms with E-state index in [1.807, 2.05) is 0 Å². The van der Waals surface area contributed by atoms with Crippen LogP contribution in [0.2, 0.25) is 5.02 Å². The molecule has 26 heavy (non-hydrogen) atoms. The summed E-state index contributed by atoms with van der Waals surface area (Å²) >= 11 is 5.77. The molecule has 2 aromatic rings. The van der Waals surface area contributed by atoms with Gasteiger partial charge < -0.3 is 21.3 Å². The first-order chi connectivity index (χ1) is 12.5. The molecule has 1 saturated carbocycles. The van der Waals surface area contributed by atoms with Gasteiger partial charge in [-0.25, -0.2) is 9.78 Å². The Morgan fingerprint density at radius 2 is 1.77 bits per heavy atom. The molecule has 7 nitrogen and oxygen atoms in total. The van der Waals surface area contributed by atoms with E-state index in [4.69, 9.17) is 11.6 Å². The first-order valence-electron chi connectivity index (χ1n) is 8.36. The molecule has 0 bridgehead atoms. The molecule has 1 aromatic carbocycles. The van der Waals surface area contributed by atoms with Gasteiger partial charge in [-0.15, -0.1) is 0 Å². The number of hydrogen-bond acceptors (Lipinski definition) is 4. The van der Waals surface area contributed by atoms with E-state index in [9.17, 15) is 9.59 Å². The first kappa shape index (κ1) is 18.0. The van der Waals surface area contributed by atoms with Crippen LogP contribution in [0.5, 0.6) is 0 Å². The van der Waals surface area contributed by atoms with Gasteiger partial charge in [0.2, 0.25) is 5.91 Å². The Labute approximate surface area is 156 Å². The van der Waals surface area contributed by atoms with Crippen LogP contribution in [-0.2, 0) is 4.79 Å². The molecule has 0 saturated heterocycles. The fourth-order valence-corrected chi connectivity index (χ4v) is 2.34. The smallest absolute Gasteiger partial charge is 0.319 e. The average molecular weight is 374 g/mol. The summed E-state index contributed by atoms with van der Waals surface area (Å²) in [6, 6.07) is 10.1. The number of urea groups is 1. The van der Waals surface area contributed by atoms with Crippen LogP contribution < -0.4 is 21.3 Å². The Morgan fingerprint density at radius 1 is 1.08 bits per heavy atom. The van der Waals surface area contributed by atoms with Crippen molar-refractivity contribution in [3.63, 3.8) is 0 Å². The highest BCUT2D eigenvalue weighted by Crippen LogP contribution is 2.19. The molecule has 1 fully saturated rings. The van der Waals surface area contributed by atoms with Crippen molar-refractivity contribution in [3.8, 4) is 0 Å². The van der Waals surface area contributed by atoms with E-state index in [1.165, 1.54) is 6.20 Å². The molecule has 1 unspecified atom stereocenters. The highest BCUT2D eigenvalue weighted by atomic mass is 35.5. The molecule has 1 aromatic heterocycles. The number of halogens is 1. The number of nitrogens with one attached hydrogen (secondary N) is 4. The van der Waals surface area contributed by atoms with Crippen LogP contribution in [0.3, 0.4) is 0 Å². The van der Waals surface area contributed by atoms with Gasteiger partial charge in [-0.2, -0.15) is 0 Å². The van der Waals surface area contributed by atoms with E-state index in [0.29, 0.717) is 22.6 Å². The van der Waals surface area contributed by atoms with Gasteiger partial charge in [0.25, 0.3) is 0 Å². The number of rotatable bonds is 6. The molecule has 3 amide bonds. The number of carbonyl (C=O) groups is 2. The predicted molar refractivity (Wildman–Crippen MR) is 103 cm³/mol. The molecule has 8 heteroatoms. The van der Waals surface area contributed by atoms with Crippen molar-refractivity contribution in [1.29, 1.82) is 0 Å². The Morgan fingerprint density at radius 3 is 2.38 bits per heavy atom. The average Bonchev–Trinajstić information content (AvgIpc) is 3.42. The van der Waals surface area contributed by atoms with Gasteiger partial charge in [-0.05, 0) is 56.2 Å². The minimum Gasteiger partial charge on any atom is -0.374 e. The van der Waals surface area contributed by atoms with E-state index in [0.717, 1.165) is 18.5 Å². The molecule has 4 N–H and O–H groups in total. The normalized spacial score (nSPS) is 14.2. The molecule has 1 heterocycles. The largest absolute Gasteiger partial charge is 0.374 e. The zero-order chi connectivity index (χ0) is 18.5. The number of pyridine rings is 1. The summed E-state index contributed by atoms with van der Waals surface area (Å²) in [7, 11) is 0. The molecular formula is C18H20ClN5O2. The van der Waals surface area contributed by atoms with E-state index in [1.54, 1.807) is 43.3 Å². The third kappa shape index (κ3) is 5.35. The number of nitrogens with zero attached hydrogens (tertiary/aromatic N) is 1. The molecule has 1 aliphatic carbocycles. The third-order valence-corrected chi connectivity index (χ3v) is 4.03. The fraction of sp³-hybridized carbons (Fsp3) is 0.278. The van der Waals surface area contributed by atoms with E-state index >= 15 is 0 Å². The first-order valence-corrected chi connectivity index (χ1v) is 8.74. The Hall–Kier alpha value is -2.80. The summed E-state index contributed by atoms with van der Waals surface area (Å²) in [5, 5.41) is 12.0. The van der Waals surface area contributed by atoms with Crippen molar-refractivity contribution in [2.45, 2.75) is 31.8 Å². The van der Waals surface area contributed by atoms with Gasteiger partial charge in [-0.3, -0.25) is 4.79 Å². The lowest BCUT2D eigenvalue weighted by atomic mass is 10.2. The number of aromatic nitrogens is 1. The third-order valence-electron chi connectivity index (χ3n) is 3.81. The number of anilines is 3. The van der Waals surface area contributed by atoms with Crippen LogP contribution in [0.4, 0.5) is 22.0 Å². The number of carbonyl (C=O) groups excluding carboxylic acids is 2. The maximum absolute atomic E-state index is 12.2. The van der Waals surface area contributed by atoms with Crippen LogP contribution in [-0.4, -0.2) is 29.0 Å². The molecular weight excluding hydrogens is 354 g/mol. The molecule has 1 atom stereocenters. The summed E-state index contributed by atoms with van der Waals surface area (Å²) in [5.74, 6) is 0.222. The van der Waals surface area contributed by atoms with Crippen LogP contribution >= 0.6 is 11.6 Å². The predicted octanol–water partition coefficient (Wildman–Crippen LogP) is 3.46. The summed E-state index contributed by atoms with van der Waals surface area (Å²) in [6.45, 7) is 1.75. The standard InChI is InChI=1S/C18H20ClN5O2/c1-11(17(25)24-16-9-2-12(19)10-20-16)21-13-3-5-14(6-4-13)22-18(26)23-15-7-8-15/h2-6,9-11,15,21H,7-8H2,1H3,(H,20,24,25)(H2,22,23,26). The highest BCUT2D eigenvalue weighted by Gasteiger charge is 2.23. The second-order valence-corrected chi connectivity index (χ2v) is 6.60. The van der Waals surface area contributed by atoms with Gasteiger partial charge >= 0.3 is 6.03 Å². The van der Waals surface area contributed by atoms with Crippen LogP contribution in [0.1, 0.15) is 19.8 Å². The van der Waals surface area contributed by atoms with Gasteiger partial charge in [0.1, 0.15) is 11.9 Å². The van der Waals surface area contributed by atoms with Crippen molar-refractivity contribution < 1.29 is 9.59 Å². The summed E-state index contributed by atoms with van der Waals surface area (Å²) < 4.78 is 0. The van der Waals surface area contributed by atoms with Gasteiger partial charge in [0, 0.05) is 23.6 Å². The molecule has 0 radical (unpaired) electrons. The molecule has 0 spiro atoms. The van der Waals surface area contributed by atoms with Crippen molar-refractivity contribution in [1.82, 2.24) is 10.3 Å². The Bertz CT molecular complexity index is 775. The second-order valence-electron chi connectivity index (χ2n) is 6.17. The van der Waals surface area contributed by atoms with E-state index < -0.39 is 6.04 Å². The summed E-state index contributed by atoms with van der Waals surface area (Å²) in [6.07, 6.45) is 3.56. The molecule has 3 rings (SSSR count). The lowest BCUT2D eigenvalue weighted by Crippen LogP contribution is -2.32. The molecule has 1 aliphatic rings. The Kier molecular flexibility index (Phi) is 5.58. The summed E-state index contributed by atoms with van der Waals surface area (Å²) in [4.78, 5) is 27.9. The lowest BCUT2D eigenvalue weighted by molar-refractivity contribution is -0.116. The zero-order valence-electron chi connectivity index (χ0n) is 14.3. The minimum absolute atomic E-state index is 0.198. The van der Waals surface area contributed by atoms with Crippen molar-refractivity contribution in [2.24, 2.45) is 0 Å². The van der Waals surface area contributed by atoms with Crippen molar-refractivity contribution >= 4 is 40.7 Å². The zero-order valence-corrected chi connectivity index (χ0v) is 15.0. The SMILES string of the molecule is CC(Nc1ccc(NC(=O)NC2CC2)cc1)C(=O)Nc1ccc(Cl)cn1. The highest BCUT2D eigenvalue weighted by molar-refractivity contribution is 6.30. The quantitative estimate of drug-likeness (QED) is 0.623. The fourth-order valence-electron chi connectivity index (χ4n) is 2.23. The van der Waals surface area contributed by atoms with Gasteiger partial charge in [0.15, 0.2) is 0 Å². The molecule has 0 aliphatic heterocycles. The van der Waals surface area contributed by atoms with Crippen LogP contribution in [0.25, 0.3) is 0 Å². The number of amides is 3. The Balaban J connectivity index is 1.49. The summed E-state index contributed by atoms with van der Waals surface area (Å²) in [5.41, 5.74) is 1.46. The van der Waals surface area contributed by atoms with Crippen LogP contribution in [0, 0.1) is 0 Å². The monoisotopic (exact) mass is 373 g/mol. The van der Waals surface area contributed by atoms with Crippen molar-refractivity contribution in [2.75, 3.05) is 16.0 Å². The maximum atomic E-state index is 12.2. The number of benzene rings is 1. The minimum atomic E-state index is -0.468. The van der Waals surface area contributed by atoms with E-state index in [-0.39, 0.29) is 11.9 Å². The van der Waals surface area contributed by atoms with Gasteiger partial charge in [-0.1, -0.05) is 11.6 Å². The molecule has 136 valence electrons. The maximum Gasteiger partial charge on any atom is 0.319 e. The number of hydrogen-bond donors (Lipinski definition) is 4. The van der Waals surface area contributed by atoms with Crippen molar-refractivity contribution in [3.05, 3.63) is 47.6 Å². The topological polar surface area (TPSA) is 95.1 Å². The van der Waals surface area contributed by atoms with E-state index in [2.05, 4.69) is 26.3 Å². The van der Waals surface area contributed by atoms with Gasteiger partial charge in [0.05, 0.1) is 5.02 Å².